The van der Waals surface area contributed by atoms with Gasteiger partial charge in [0.1, 0.15) is 0 Å². The Bertz CT molecular complexity index is 979. The smallest absolute Gasteiger partial charge is 0.259 e. The lowest BCUT2D eigenvalue weighted by Crippen LogP contribution is -2.18. The lowest BCUT2D eigenvalue weighted by atomic mass is 10.0. The van der Waals surface area contributed by atoms with Gasteiger partial charge in [-0.05, 0) is 31.0 Å². The summed E-state index contributed by atoms with van der Waals surface area (Å²) in [7, 11) is 3.76. The zero-order chi connectivity index (χ0) is 19.0. The van der Waals surface area contributed by atoms with Crippen LogP contribution in [0, 0.1) is 6.92 Å². The highest BCUT2D eigenvalue weighted by atomic mass is 35.5. The number of aryl methyl sites for hydroxylation is 1. The highest BCUT2D eigenvalue weighted by Crippen LogP contribution is 2.33. The second-order valence-corrected chi connectivity index (χ2v) is 7.09. The fourth-order valence-corrected chi connectivity index (χ4v) is 3.19. The number of rotatable bonds is 4. The maximum absolute atomic E-state index is 13.1. The summed E-state index contributed by atoms with van der Waals surface area (Å²) in [5.41, 5.74) is 3.65. The monoisotopic (exact) mass is 372 g/mol. The molecule has 1 amide bonds. The molecule has 26 heavy (non-hydrogen) atoms. The topological polar surface area (TPSA) is 71.3 Å². The van der Waals surface area contributed by atoms with Gasteiger partial charge in [-0.1, -0.05) is 36.7 Å². The largest absolute Gasteiger partial charge is 0.375 e. The van der Waals surface area contributed by atoms with Gasteiger partial charge in [-0.25, -0.2) is 4.98 Å². The SMILES string of the molecule is Cc1noc2nc(C(C)C)cc(C(=O)Nc3cccc(Cl)c3N(C)C)c12. The van der Waals surface area contributed by atoms with Crippen LogP contribution in [0.1, 0.15) is 41.5 Å². The van der Waals surface area contributed by atoms with Crippen molar-refractivity contribution in [2.24, 2.45) is 0 Å². The van der Waals surface area contributed by atoms with Crippen molar-refractivity contribution in [2.75, 3.05) is 24.3 Å². The van der Waals surface area contributed by atoms with E-state index in [4.69, 9.17) is 16.1 Å². The van der Waals surface area contributed by atoms with Gasteiger partial charge in [0.2, 0.25) is 0 Å². The zero-order valence-corrected chi connectivity index (χ0v) is 16.2. The second kappa shape index (κ2) is 6.96. The van der Waals surface area contributed by atoms with Crippen LogP contribution in [0.2, 0.25) is 5.02 Å². The molecular weight excluding hydrogens is 352 g/mol. The average Bonchev–Trinajstić information content (AvgIpc) is 2.95. The second-order valence-electron chi connectivity index (χ2n) is 6.68. The van der Waals surface area contributed by atoms with Crippen LogP contribution in [-0.4, -0.2) is 30.1 Å². The number of carbonyl (C=O) groups excluding carboxylic acids is 1. The van der Waals surface area contributed by atoms with Crippen LogP contribution >= 0.6 is 11.6 Å². The molecular formula is C19H21ClN4O2. The third-order valence-corrected chi connectivity index (χ3v) is 4.46. The molecule has 0 atom stereocenters. The Balaban J connectivity index is 2.09. The van der Waals surface area contributed by atoms with Crippen molar-refractivity contribution < 1.29 is 9.32 Å². The number of hydrogen-bond acceptors (Lipinski definition) is 5. The molecule has 136 valence electrons. The molecule has 0 aliphatic heterocycles. The van der Waals surface area contributed by atoms with Crippen LogP contribution in [-0.2, 0) is 0 Å². The van der Waals surface area contributed by atoms with E-state index in [2.05, 4.69) is 15.5 Å². The molecule has 0 aliphatic carbocycles. The summed E-state index contributed by atoms with van der Waals surface area (Å²) >= 11 is 6.30. The van der Waals surface area contributed by atoms with Gasteiger partial charge < -0.3 is 14.7 Å². The summed E-state index contributed by atoms with van der Waals surface area (Å²) in [6.07, 6.45) is 0. The van der Waals surface area contributed by atoms with Crippen molar-refractivity contribution in [3.8, 4) is 0 Å². The lowest BCUT2D eigenvalue weighted by Gasteiger charge is -2.19. The van der Waals surface area contributed by atoms with E-state index in [0.717, 1.165) is 11.4 Å². The quantitative estimate of drug-likeness (QED) is 0.723. The number of amides is 1. The van der Waals surface area contributed by atoms with E-state index in [9.17, 15) is 4.79 Å². The lowest BCUT2D eigenvalue weighted by molar-refractivity contribution is 0.102. The van der Waals surface area contributed by atoms with E-state index in [1.165, 1.54) is 0 Å². The Morgan fingerprint density at radius 1 is 1.31 bits per heavy atom. The van der Waals surface area contributed by atoms with Gasteiger partial charge in [0, 0.05) is 19.8 Å². The third-order valence-electron chi connectivity index (χ3n) is 4.16. The normalized spacial score (nSPS) is 11.2. The standard InChI is InChI=1S/C19H21ClN4O2/c1-10(2)15-9-12(16-11(3)23-26-19(16)22-15)18(25)21-14-8-6-7-13(20)17(14)24(4)5/h6-10H,1-5H3,(H,21,25). The number of fused-ring (bicyclic) bond motifs is 1. The first kappa shape index (κ1) is 18.2. The fourth-order valence-electron chi connectivity index (χ4n) is 2.85. The van der Waals surface area contributed by atoms with Gasteiger partial charge in [-0.2, -0.15) is 0 Å². The number of nitrogens with one attached hydrogen (secondary N) is 1. The summed E-state index contributed by atoms with van der Waals surface area (Å²) in [6.45, 7) is 5.82. The molecule has 2 aromatic heterocycles. The van der Waals surface area contributed by atoms with Gasteiger partial charge in [0.25, 0.3) is 11.6 Å². The van der Waals surface area contributed by atoms with Gasteiger partial charge in [-0.3, -0.25) is 4.79 Å². The van der Waals surface area contributed by atoms with Crippen molar-refractivity contribution in [2.45, 2.75) is 26.7 Å². The molecule has 1 aromatic carbocycles. The van der Waals surface area contributed by atoms with Crippen molar-refractivity contribution in [3.05, 3.63) is 46.2 Å². The summed E-state index contributed by atoms with van der Waals surface area (Å²) in [6, 6.07) is 7.21. The molecule has 0 fully saturated rings. The Labute approximate surface area is 157 Å². The Morgan fingerprint density at radius 3 is 2.69 bits per heavy atom. The number of aromatic nitrogens is 2. The molecule has 0 unspecified atom stereocenters. The van der Waals surface area contributed by atoms with Crippen LogP contribution in [0.25, 0.3) is 11.1 Å². The minimum absolute atomic E-state index is 0.153. The molecule has 7 heteroatoms. The summed E-state index contributed by atoms with van der Waals surface area (Å²) in [5.74, 6) is -0.101. The number of carbonyl (C=O) groups is 1. The maximum atomic E-state index is 13.1. The molecule has 0 radical (unpaired) electrons. The minimum Gasteiger partial charge on any atom is -0.375 e. The van der Waals surface area contributed by atoms with Crippen LogP contribution in [0.3, 0.4) is 0 Å². The van der Waals surface area contributed by atoms with Crippen molar-refractivity contribution >= 4 is 40.0 Å². The minimum atomic E-state index is -0.254. The zero-order valence-electron chi connectivity index (χ0n) is 15.4. The first-order valence-corrected chi connectivity index (χ1v) is 8.71. The number of para-hydroxylation sites is 1. The van der Waals surface area contributed by atoms with Crippen LogP contribution in [0.15, 0.2) is 28.8 Å². The molecule has 0 spiro atoms. The maximum Gasteiger partial charge on any atom is 0.259 e. The summed E-state index contributed by atoms with van der Waals surface area (Å²) in [5, 5.41) is 8.11. The van der Waals surface area contributed by atoms with Gasteiger partial charge in [-0.15, -0.1) is 0 Å². The van der Waals surface area contributed by atoms with E-state index >= 15 is 0 Å². The van der Waals surface area contributed by atoms with Crippen molar-refractivity contribution in [1.29, 1.82) is 0 Å². The predicted octanol–water partition coefficient (Wildman–Crippen LogP) is 4.63. The molecule has 6 nitrogen and oxygen atoms in total. The van der Waals surface area contributed by atoms with E-state index < -0.39 is 0 Å². The number of halogens is 1. The van der Waals surface area contributed by atoms with E-state index in [1.54, 1.807) is 25.1 Å². The van der Waals surface area contributed by atoms with Gasteiger partial charge in [0.05, 0.1) is 33.0 Å². The number of pyridine rings is 1. The van der Waals surface area contributed by atoms with Crippen LogP contribution < -0.4 is 10.2 Å². The Kier molecular flexibility index (Phi) is 4.87. The number of hydrogen-bond donors (Lipinski definition) is 1. The molecule has 3 aromatic rings. The van der Waals surface area contributed by atoms with Crippen molar-refractivity contribution in [3.63, 3.8) is 0 Å². The molecule has 3 rings (SSSR count). The van der Waals surface area contributed by atoms with Crippen LogP contribution in [0.5, 0.6) is 0 Å². The van der Waals surface area contributed by atoms with Gasteiger partial charge >= 0.3 is 0 Å². The molecule has 1 N–H and O–H groups in total. The van der Waals surface area contributed by atoms with Crippen molar-refractivity contribution in [1.82, 2.24) is 10.1 Å². The number of anilines is 2. The van der Waals surface area contributed by atoms with E-state index in [-0.39, 0.29) is 11.8 Å². The number of nitrogens with zero attached hydrogens (tertiary/aromatic N) is 3. The van der Waals surface area contributed by atoms with E-state index in [1.807, 2.05) is 38.9 Å². The first-order chi connectivity index (χ1) is 12.3. The Morgan fingerprint density at radius 2 is 2.04 bits per heavy atom. The fraction of sp³-hybridized carbons (Fsp3) is 0.316. The average molecular weight is 373 g/mol. The Hall–Kier alpha value is -2.60. The van der Waals surface area contributed by atoms with Gasteiger partial charge in [0.15, 0.2) is 0 Å². The predicted molar refractivity (Wildman–Crippen MR) is 104 cm³/mol. The third kappa shape index (κ3) is 3.24. The first-order valence-electron chi connectivity index (χ1n) is 8.33. The highest BCUT2D eigenvalue weighted by Gasteiger charge is 2.21. The molecule has 2 heterocycles. The molecule has 0 saturated heterocycles. The molecule has 0 aliphatic rings. The summed E-state index contributed by atoms with van der Waals surface area (Å²) in [4.78, 5) is 19.4. The highest BCUT2D eigenvalue weighted by molar-refractivity contribution is 6.34. The molecule has 0 saturated carbocycles. The summed E-state index contributed by atoms with van der Waals surface area (Å²) < 4.78 is 5.29. The molecule has 0 bridgehead atoms. The van der Waals surface area contributed by atoms with Crippen LogP contribution in [0.4, 0.5) is 11.4 Å². The van der Waals surface area contributed by atoms with E-state index in [0.29, 0.717) is 33.1 Å². The number of benzene rings is 1.